The molecule has 0 atom stereocenters. The molecule has 0 N–H and O–H groups in total. The lowest BCUT2D eigenvalue weighted by Gasteiger charge is -2.35. The molecular formula is C26H25N5O4S2. The Balaban J connectivity index is 1.34. The number of nitrogens with zero attached hydrogens (tertiary/aromatic N) is 5. The summed E-state index contributed by atoms with van der Waals surface area (Å²) in [4.78, 5) is 38.4. The zero-order chi connectivity index (χ0) is 25.5. The number of hydrogen-bond donors (Lipinski definition) is 0. The van der Waals surface area contributed by atoms with Gasteiger partial charge in [0, 0.05) is 32.4 Å². The van der Waals surface area contributed by atoms with Crippen molar-refractivity contribution in [3.8, 4) is 11.5 Å². The van der Waals surface area contributed by atoms with Crippen LogP contribution >= 0.6 is 24.0 Å². The van der Waals surface area contributed by atoms with Crippen LogP contribution in [0.25, 0.3) is 11.7 Å². The van der Waals surface area contributed by atoms with Gasteiger partial charge in [-0.1, -0.05) is 43.0 Å². The monoisotopic (exact) mass is 535 g/mol. The Labute approximate surface area is 223 Å². The molecule has 0 unspecified atom stereocenters. The van der Waals surface area contributed by atoms with Crippen LogP contribution in [0.4, 0.5) is 5.82 Å². The van der Waals surface area contributed by atoms with Gasteiger partial charge < -0.3 is 19.3 Å². The van der Waals surface area contributed by atoms with Gasteiger partial charge in [-0.3, -0.25) is 18.9 Å². The molecule has 3 aromatic rings. The number of amides is 1. The number of carbonyl (C=O) groups excluding carboxylic acids is 1. The average Bonchev–Trinajstić information content (AvgIpc) is 3.50. The molecule has 2 saturated heterocycles. The molecule has 6 rings (SSSR count). The summed E-state index contributed by atoms with van der Waals surface area (Å²) in [5.41, 5.74) is 1.65. The second kappa shape index (κ2) is 9.81. The van der Waals surface area contributed by atoms with E-state index in [4.69, 9.17) is 26.7 Å². The van der Waals surface area contributed by atoms with Crippen molar-refractivity contribution in [1.82, 2.24) is 19.2 Å². The number of rotatable bonds is 5. The van der Waals surface area contributed by atoms with Gasteiger partial charge in [0.1, 0.15) is 15.8 Å². The van der Waals surface area contributed by atoms with Crippen molar-refractivity contribution in [3.05, 3.63) is 69.0 Å². The van der Waals surface area contributed by atoms with Crippen LogP contribution in [-0.4, -0.2) is 68.9 Å². The van der Waals surface area contributed by atoms with Crippen LogP contribution in [0.1, 0.15) is 18.1 Å². The third kappa shape index (κ3) is 4.47. The maximum atomic E-state index is 13.6. The van der Waals surface area contributed by atoms with E-state index in [1.807, 2.05) is 30.3 Å². The van der Waals surface area contributed by atoms with E-state index in [1.165, 1.54) is 16.2 Å². The number of hydrogen-bond acceptors (Lipinski definition) is 9. The molecule has 1 amide bonds. The predicted molar refractivity (Wildman–Crippen MR) is 147 cm³/mol. The van der Waals surface area contributed by atoms with Gasteiger partial charge in [0.2, 0.25) is 6.79 Å². The Morgan fingerprint density at radius 3 is 2.70 bits per heavy atom. The molecular weight excluding hydrogens is 510 g/mol. The summed E-state index contributed by atoms with van der Waals surface area (Å²) in [6, 6.07) is 11.1. The minimum absolute atomic E-state index is 0.188. The standard InChI is InChI=1S/C26H25N5O4S2/c1-2-28-9-11-29(12-10-28)23-18(24(32)30-8-4-3-5-22(30)27-23)14-21-25(33)31(26(36)37-21)15-17-6-7-19-20(13-17)35-16-34-19/h3-8,13-14H,2,9-12,15-16H2,1H3/b21-14-. The normalized spacial score (nSPS) is 19.0. The van der Waals surface area contributed by atoms with Crippen LogP contribution in [0.15, 0.2) is 52.3 Å². The van der Waals surface area contributed by atoms with Crippen molar-refractivity contribution in [2.75, 3.05) is 44.4 Å². The van der Waals surface area contributed by atoms with Crippen molar-refractivity contribution in [2.24, 2.45) is 0 Å². The fourth-order valence-corrected chi connectivity index (χ4v) is 5.96. The summed E-state index contributed by atoms with van der Waals surface area (Å²) in [5, 5.41) is 0. The summed E-state index contributed by atoms with van der Waals surface area (Å²) in [7, 11) is 0. The van der Waals surface area contributed by atoms with Gasteiger partial charge in [-0.15, -0.1) is 0 Å². The lowest BCUT2D eigenvalue weighted by atomic mass is 10.2. The van der Waals surface area contributed by atoms with E-state index in [1.54, 1.807) is 23.2 Å². The van der Waals surface area contributed by atoms with Gasteiger partial charge in [-0.2, -0.15) is 0 Å². The quantitative estimate of drug-likeness (QED) is 0.362. The van der Waals surface area contributed by atoms with Gasteiger partial charge in [-0.05, 0) is 42.4 Å². The predicted octanol–water partition coefficient (Wildman–Crippen LogP) is 2.97. The number of ether oxygens (including phenoxy) is 2. The van der Waals surface area contributed by atoms with Crippen LogP contribution < -0.4 is 19.9 Å². The molecule has 0 saturated carbocycles. The fourth-order valence-electron chi connectivity index (χ4n) is 4.72. The number of thioether (sulfide) groups is 1. The zero-order valence-corrected chi connectivity index (χ0v) is 21.9. The lowest BCUT2D eigenvalue weighted by molar-refractivity contribution is -0.122. The molecule has 3 aliphatic heterocycles. The number of fused-ring (bicyclic) bond motifs is 2. The van der Waals surface area contributed by atoms with Crippen molar-refractivity contribution in [1.29, 1.82) is 0 Å². The minimum Gasteiger partial charge on any atom is -0.454 e. The molecule has 0 radical (unpaired) electrons. The molecule has 11 heteroatoms. The summed E-state index contributed by atoms with van der Waals surface area (Å²) in [6.45, 7) is 6.93. The molecule has 190 valence electrons. The Kier molecular flexibility index (Phi) is 6.35. The highest BCUT2D eigenvalue weighted by Gasteiger charge is 2.33. The molecule has 2 aromatic heterocycles. The van der Waals surface area contributed by atoms with E-state index in [2.05, 4.69) is 16.7 Å². The van der Waals surface area contributed by atoms with Crippen LogP contribution in [0.2, 0.25) is 0 Å². The van der Waals surface area contributed by atoms with E-state index < -0.39 is 0 Å². The maximum absolute atomic E-state index is 13.6. The third-order valence-electron chi connectivity index (χ3n) is 6.79. The minimum atomic E-state index is -0.230. The smallest absolute Gasteiger partial charge is 0.267 e. The Morgan fingerprint density at radius 1 is 1.08 bits per heavy atom. The average molecular weight is 536 g/mol. The van der Waals surface area contributed by atoms with Crippen molar-refractivity contribution < 1.29 is 14.3 Å². The van der Waals surface area contributed by atoms with Crippen LogP contribution in [0.5, 0.6) is 11.5 Å². The first-order valence-corrected chi connectivity index (χ1v) is 13.4. The number of likely N-dealkylation sites (N-methyl/N-ethyl adjacent to an activating group) is 1. The summed E-state index contributed by atoms with van der Waals surface area (Å²) < 4.78 is 12.8. The molecule has 5 heterocycles. The van der Waals surface area contributed by atoms with E-state index in [0.717, 1.165) is 38.3 Å². The van der Waals surface area contributed by atoms with Gasteiger partial charge in [-0.25, -0.2) is 4.98 Å². The van der Waals surface area contributed by atoms with Gasteiger partial charge >= 0.3 is 0 Å². The summed E-state index contributed by atoms with van der Waals surface area (Å²) in [5.74, 6) is 1.71. The van der Waals surface area contributed by atoms with E-state index in [-0.39, 0.29) is 18.3 Å². The van der Waals surface area contributed by atoms with Crippen LogP contribution in [0.3, 0.4) is 0 Å². The molecule has 3 aliphatic rings. The molecule has 0 bridgehead atoms. The molecule has 2 fully saturated rings. The number of pyridine rings is 1. The highest BCUT2D eigenvalue weighted by molar-refractivity contribution is 8.26. The SMILES string of the molecule is CCN1CCN(c2nc3ccccn3c(=O)c2/C=C2\SC(=S)N(Cc3ccc4c(c3)OCO4)C2=O)CC1. The van der Waals surface area contributed by atoms with E-state index >= 15 is 0 Å². The van der Waals surface area contributed by atoms with E-state index in [0.29, 0.717) is 44.3 Å². The second-order valence-corrected chi connectivity index (χ2v) is 10.6. The first-order valence-electron chi connectivity index (χ1n) is 12.1. The summed E-state index contributed by atoms with van der Waals surface area (Å²) in [6.07, 6.45) is 3.36. The molecule has 37 heavy (non-hydrogen) atoms. The first kappa shape index (κ1) is 24.0. The van der Waals surface area contributed by atoms with Crippen LogP contribution in [-0.2, 0) is 11.3 Å². The van der Waals surface area contributed by atoms with Crippen LogP contribution in [0, 0.1) is 0 Å². The lowest BCUT2D eigenvalue weighted by Crippen LogP contribution is -2.47. The maximum Gasteiger partial charge on any atom is 0.267 e. The van der Waals surface area contributed by atoms with Crippen molar-refractivity contribution in [2.45, 2.75) is 13.5 Å². The second-order valence-electron chi connectivity index (χ2n) is 8.96. The number of aromatic nitrogens is 2. The number of carbonyl (C=O) groups is 1. The highest BCUT2D eigenvalue weighted by Crippen LogP contribution is 2.37. The Morgan fingerprint density at radius 2 is 1.89 bits per heavy atom. The number of piperazine rings is 1. The summed E-state index contributed by atoms with van der Waals surface area (Å²) >= 11 is 6.76. The van der Waals surface area contributed by atoms with Crippen molar-refractivity contribution in [3.63, 3.8) is 0 Å². The molecule has 1 aromatic carbocycles. The van der Waals surface area contributed by atoms with Gasteiger partial charge in [0.05, 0.1) is 17.0 Å². The zero-order valence-electron chi connectivity index (χ0n) is 20.3. The Hall–Kier alpha value is -3.41. The molecule has 0 aliphatic carbocycles. The number of anilines is 1. The topological polar surface area (TPSA) is 79.6 Å². The van der Waals surface area contributed by atoms with E-state index in [9.17, 15) is 9.59 Å². The van der Waals surface area contributed by atoms with Crippen molar-refractivity contribution >= 4 is 51.7 Å². The fraction of sp³-hybridized carbons (Fsp3) is 0.308. The number of benzene rings is 1. The van der Waals surface area contributed by atoms with Gasteiger partial charge in [0.15, 0.2) is 11.5 Å². The third-order valence-corrected chi connectivity index (χ3v) is 8.17. The van der Waals surface area contributed by atoms with Gasteiger partial charge in [0.25, 0.3) is 11.5 Å². The Bertz CT molecular complexity index is 1500. The highest BCUT2D eigenvalue weighted by atomic mass is 32.2. The first-order chi connectivity index (χ1) is 18.0. The molecule has 9 nitrogen and oxygen atoms in total. The largest absolute Gasteiger partial charge is 0.454 e. The molecule has 0 spiro atoms. The number of thiocarbonyl (C=S) groups is 1.